The highest BCUT2D eigenvalue weighted by atomic mass is 19.1. The van der Waals surface area contributed by atoms with Gasteiger partial charge >= 0.3 is 0 Å². The summed E-state index contributed by atoms with van der Waals surface area (Å²) in [7, 11) is 1.42. The summed E-state index contributed by atoms with van der Waals surface area (Å²) >= 11 is 0. The quantitative estimate of drug-likeness (QED) is 0.497. The summed E-state index contributed by atoms with van der Waals surface area (Å²) in [6, 6.07) is 4.48. The Balaban J connectivity index is 2.22. The first-order valence-corrected chi connectivity index (χ1v) is 8.58. The molecule has 26 heavy (non-hydrogen) atoms. The molecule has 0 atom stereocenters. The predicted molar refractivity (Wildman–Crippen MR) is 102 cm³/mol. The molecule has 0 aliphatic carbocycles. The number of methoxy groups -OCH3 is 1. The van der Waals surface area contributed by atoms with Gasteiger partial charge in [0.2, 0.25) is 5.95 Å². The second-order valence-electron chi connectivity index (χ2n) is 5.55. The number of anilines is 3. The Morgan fingerprint density at radius 2 is 2.19 bits per heavy atom. The van der Waals surface area contributed by atoms with Gasteiger partial charge in [0.05, 0.1) is 18.9 Å². The Morgan fingerprint density at radius 3 is 2.92 bits per heavy atom. The number of nitrogens with one attached hydrogen (secondary N) is 2. The molecule has 0 aliphatic heterocycles. The van der Waals surface area contributed by atoms with Gasteiger partial charge in [0.1, 0.15) is 5.82 Å². The van der Waals surface area contributed by atoms with Crippen molar-refractivity contribution in [2.24, 2.45) is 5.73 Å². The first kappa shape index (κ1) is 19.5. The monoisotopic (exact) mass is 357 g/mol. The minimum atomic E-state index is -0.424. The highest BCUT2D eigenvalue weighted by Crippen LogP contribution is 2.24. The molecule has 4 N–H and O–H groups in total. The van der Waals surface area contributed by atoms with Gasteiger partial charge in [-0.25, -0.2) is 9.37 Å². The van der Waals surface area contributed by atoms with Gasteiger partial charge in [0.15, 0.2) is 11.6 Å². The van der Waals surface area contributed by atoms with E-state index < -0.39 is 5.82 Å². The normalized spacial score (nSPS) is 10.0. The van der Waals surface area contributed by atoms with Gasteiger partial charge in [-0.3, -0.25) is 0 Å². The number of nitrogens with zero attached hydrogens (tertiary/aromatic N) is 2. The first-order chi connectivity index (χ1) is 12.7. The van der Waals surface area contributed by atoms with E-state index in [-0.39, 0.29) is 5.75 Å². The van der Waals surface area contributed by atoms with Crippen molar-refractivity contribution in [3.8, 4) is 17.6 Å². The number of halogens is 1. The van der Waals surface area contributed by atoms with Crippen LogP contribution in [0.25, 0.3) is 0 Å². The summed E-state index contributed by atoms with van der Waals surface area (Å²) in [5.41, 5.74) is 6.85. The highest BCUT2D eigenvalue weighted by Gasteiger charge is 2.08. The summed E-state index contributed by atoms with van der Waals surface area (Å²) in [4.78, 5) is 8.78. The smallest absolute Gasteiger partial charge is 0.229 e. The molecular formula is C19H24FN5O. The van der Waals surface area contributed by atoms with Gasteiger partial charge in [-0.05, 0) is 31.5 Å². The molecule has 0 spiro atoms. The molecule has 0 aliphatic rings. The fourth-order valence-electron chi connectivity index (χ4n) is 2.13. The number of aromatic nitrogens is 2. The summed E-state index contributed by atoms with van der Waals surface area (Å²) in [6.07, 6.45) is 4.22. The van der Waals surface area contributed by atoms with Gasteiger partial charge in [0, 0.05) is 24.7 Å². The van der Waals surface area contributed by atoms with E-state index in [0.29, 0.717) is 24.0 Å². The van der Waals surface area contributed by atoms with Gasteiger partial charge in [-0.15, -0.1) is 0 Å². The molecule has 1 aromatic heterocycles. The molecule has 0 amide bonds. The van der Waals surface area contributed by atoms with Crippen LogP contribution in [0.4, 0.5) is 21.8 Å². The number of hydrogen-bond donors (Lipinski definition) is 3. The Kier molecular flexibility index (Phi) is 7.65. The van der Waals surface area contributed by atoms with E-state index in [0.717, 1.165) is 31.4 Å². The maximum Gasteiger partial charge on any atom is 0.229 e. The van der Waals surface area contributed by atoms with E-state index in [4.69, 9.17) is 10.5 Å². The van der Waals surface area contributed by atoms with Crippen molar-refractivity contribution in [2.45, 2.75) is 26.2 Å². The van der Waals surface area contributed by atoms with Gasteiger partial charge < -0.3 is 21.1 Å². The van der Waals surface area contributed by atoms with Crippen LogP contribution < -0.4 is 21.1 Å². The predicted octanol–water partition coefficient (Wildman–Crippen LogP) is 3.28. The SMILES string of the molecule is CCCNc1nc(Nc2ccc(F)c(OC)c2)ncc1C#CCCCN. The van der Waals surface area contributed by atoms with Crippen LogP contribution in [0, 0.1) is 17.7 Å². The summed E-state index contributed by atoms with van der Waals surface area (Å²) in [5, 5.41) is 6.31. The number of unbranched alkanes of at least 4 members (excludes halogenated alkanes) is 1. The van der Waals surface area contributed by atoms with Crippen LogP contribution in [-0.4, -0.2) is 30.2 Å². The summed E-state index contributed by atoms with van der Waals surface area (Å²) < 4.78 is 18.5. The minimum Gasteiger partial charge on any atom is -0.494 e. The molecule has 138 valence electrons. The molecule has 0 saturated carbocycles. The summed E-state index contributed by atoms with van der Waals surface area (Å²) in [5.74, 6) is 6.95. The third kappa shape index (κ3) is 5.60. The third-order valence-corrected chi connectivity index (χ3v) is 3.47. The van der Waals surface area contributed by atoms with E-state index >= 15 is 0 Å². The topological polar surface area (TPSA) is 85.1 Å². The largest absolute Gasteiger partial charge is 0.494 e. The molecule has 0 unspecified atom stereocenters. The molecule has 6 nitrogen and oxygen atoms in total. The second-order valence-corrected chi connectivity index (χ2v) is 5.55. The number of hydrogen-bond acceptors (Lipinski definition) is 6. The molecule has 7 heteroatoms. The van der Waals surface area contributed by atoms with Gasteiger partial charge in [0.25, 0.3) is 0 Å². The van der Waals surface area contributed by atoms with Crippen molar-refractivity contribution in [2.75, 3.05) is 30.8 Å². The number of nitrogens with two attached hydrogens (primary N) is 1. The van der Waals surface area contributed by atoms with Crippen molar-refractivity contribution in [3.05, 3.63) is 35.8 Å². The lowest BCUT2D eigenvalue weighted by molar-refractivity contribution is 0.387. The molecule has 0 fully saturated rings. The molecule has 2 aromatic rings. The van der Waals surface area contributed by atoms with Crippen molar-refractivity contribution in [1.29, 1.82) is 0 Å². The van der Waals surface area contributed by atoms with Crippen LogP contribution in [0.3, 0.4) is 0 Å². The van der Waals surface area contributed by atoms with Crippen molar-refractivity contribution < 1.29 is 9.13 Å². The zero-order valence-electron chi connectivity index (χ0n) is 15.1. The van der Waals surface area contributed by atoms with Crippen molar-refractivity contribution in [1.82, 2.24) is 9.97 Å². The molecule has 1 heterocycles. The van der Waals surface area contributed by atoms with Crippen molar-refractivity contribution >= 4 is 17.5 Å². The van der Waals surface area contributed by atoms with Crippen LogP contribution in [0.1, 0.15) is 31.7 Å². The van der Waals surface area contributed by atoms with Crippen LogP contribution in [0.5, 0.6) is 5.75 Å². The molecule has 0 radical (unpaired) electrons. The molecular weight excluding hydrogens is 333 g/mol. The van der Waals surface area contributed by atoms with E-state index in [1.165, 1.54) is 13.2 Å². The lowest BCUT2D eigenvalue weighted by atomic mass is 10.2. The van der Waals surface area contributed by atoms with E-state index in [2.05, 4.69) is 39.4 Å². The van der Waals surface area contributed by atoms with Crippen LogP contribution >= 0.6 is 0 Å². The Bertz CT molecular complexity index is 785. The van der Waals surface area contributed by atoms with Crippen molar-refractivity contribution in [3.63, 3.8) is 0 Å². The standard InChI is InChI=1S/C19H24FN5O/c1-3-11-22-18-14(7-5-4-6-10-21)13-23-19(25-18)24-15-8-9-16(20)17(12-15)26-2/h8-9,12-13H,3-4,6,10-11,21H2,1-2H3,(H2,22,23,24,25). The Morgan fingerprint density at radius 1 is 1.35 bits per heavy atom. The average Bonchev–Trinajstić information content (AvgIpc) is 2.66. The maximum atomic E-state index is 13.5. The summed E-state index contributed by atoms with van der Waals surface area (Å²) in [6.45, 7) is 3.47. The van der Waals surface area contributed by atoms with Crippen LogP contribution in [0.2, 0.25) is 0 Å². The number of rotatable bonds is 8. The first-order valence-electron chi connectivity index (χ1n) is 8.58. The molecule has 1 aromatic carbocycles. The highest BCUT2D eigenvalue weighted by molar-refractivity contribution is 5.60. The van der Waals surface area contributed by atoms with E-state index in [1.54, 1.807) is 18.3 Å². The molecule has 0 bridgehead atoms. The fourth-order valence-corrected chi connectivity index (χ4v) is 2.13. The number of benzene rings is 1. The van der Waals surface area contributed by atoms with Gasteiger partial charge in [-0.1, -0.05) is 18.8 Å². The van der Waals surface area contributed by atoms with Crippen LogP contribution in [-0.2, 0) is 0 Å². The minimum absolute atomic E-state index is 0.154. The second kappa shape index (κ2) is 10.2. The van der Waals surface area contributed by atoms with E-state index in [1.807, 2.05) is 0 Å². The Labute approximate surface area is 153 Å². The van der Waals surface area contributed by atoms with Gasteiger partial charge in [-0.2, -0.15) is 4.98 Å². The lowest BCUT2D eigenvalue weighted by Crippen LogP contribution is -2.07. The average molecular weight is 357 g/mol. The fraction of sp³-hybridized carbons (Fsp3) is 0.368. The molecule has 0 saturated heterocycles. The maximum absolute atomic E-state index is 13.5. The Hall–Kier alpha value is -2.85. The third-order valence-electron chi connectivity index (χ3n) is 3.47. The lowest BCUT2D eigenvalue weighted by Gasteiger charge is -2.11. The number of ether oxygens (including phenoxy) is 1. The zero-order valence-corrected chi connectivity index (χ0v) is 15.1. The van der Waals surface area contributed by atoms with E-state index in [9.17, 15) is 4.39 Å². The van der Waals surface area contributed by atoms with Crippen LogP contribution in [0.15, 0.2) is 24.4 Å². The molecule has 2 rings (SSSR count). The zero-order chi connectivity index (χ0) is 18.8.